The fourth-order valence-corrected chi connectivity index (χ4v) is 3.06. The van der Waals surface area contributed by atoms with E-state index in [0.717, 1.165) is 0 Å². The highest BCUT2D eigenvalue weighted by Crippen LogP contribution is 2.30. The van der Waals surface area contributed by atoms with E-state index in [1.165, 1.54) is 6.07 Å². The summed E-state index contributed by atoms with van der Waals surface area (Å²) in [6.45, 7) is 5.63. The van der Waals surface area contributed by atoms with Gasteiger partial charge in [0, 0.05) is 30.4 Å². The number of nitrogens with one attached hydrogen (secondary N) is 1. The van der Waals surface area contributed by atoms with Crippen molar-refractivity contribution in [1.29, 1.82) is 0 Å². The second-order valence-electron chi connectivity index (χ2n) is 7.05. The van der Waals surface area contributed by atoms with Gasteiger partial charge < -0.3 is 19.7 Å². The molecule has 1 heterocycles. The number of esters is 1. The predicted molar refractivity (Wildman–Crippen MR) is 111 cm³/mol. The second kappa shape index (κ2) is 9.36. The first-order valence-electron chi connectivity index (χ1n) is 9.58. The van der Waals surface area contributed by atoms with Crippen molar-refractivity contribution >= 4 is 28.9 Å². The number of benzene rings is 2. The zero-order valence-electron chi connectivity index (χ0n) is 16.8. The SMILES string of the molecule is CC(C)OC(=O)c1ccc(NC(=O)c2ccc(N3CCOCC3)c([N+](=O)[O-])c2)cc1. The standard InChI is InChI=1S/C21H23N3O6/c1-14(2)30-21(26)15-3-6-17(7-4-15)22-20(25)16-5-8-18(19(13-16)24(27)28)23-9-11-29-12-10-23/h3-8,13-14H,9-12H2,1-2H3,(H,22,25). The first kappa shape index (κ1) is 21.3. The molecule has 1 saturated heterocycles. The van der Waals surface area contributed by atoms with E-state index in [1.807, 2.05) is 4.90 Å². The van der Waals surface area contributed by atoms with Crippen molar-refractivity contribution in [2.75, 3.05) is 36.5 Å². The van der Waals surface area contributed by atoms with Gasteiger partial charge in [-0.2, -0.15) is 0 Å². The monoisotopic (exact) mass is 413 g/mol. The van der Waals surface area contributed by atoms with Crippen LogP contribution in [0.25, 0.3) is 0 Å². The maximum absolute atomic E-state index is 12.6. The first-order chi connectivity index (χ1) is 14.3. The van der Waals surface area contributed by atoms with Crippen molar-refractivity contribution in [3.05, 3.63) is 63.7 Å². The largest absolute Gasteiger partial charge is 0.459 e. The molecule has 1 fully saturated rings. The lowest BCUT2D eigenvalue weighted by atomic mass is 10.1. The van der Waals surface area contributed by atoms with Gasteiger partial charge in [0.05, 0.1) is 29.8 Å². The van der Waals surface area contributed by atoms with Crippen LogP contribution in [0, 0.1) is 10.1 Å². The van der Waals surface area contributed by atoms with Crippen LogP contribution >= 0.6 is 0 Å². The van der Waals surface area contributed by atoms with Crippen molar-refractivity contribution in [2.45, 2.75) is 20.0 Å². The van der Waals surface area contributed by atoms with Crippen molar-refractivity contribution in [3.63, 3.8) is 0 Å². The Hall–Kier alpha value is -3.46. The molecule has 2 aromatic rings. The molecule has 9 heteroatoms. The van der Waals surface area contributed by atoms with Gasteiger partial charge in [0.25, 0.3) is 11.6 Å². The molecular weight excluding hydrogens is 390 g/mol. The van der Waals surface area contributed by atoms with Crippen molar-refractivity contribution in [1.82, 2.24) is 0 Å². The molecule has 1 N–H and O–H groups in total. The second-order valence-corrected chi connectivity index (χ2v) is 7.05. The Morgan fingerprint density at radius 2 is 1.73 bits per heavy atom. The molecule has 0 unspecified atom stereocenters. The number of hydrogen-bond acceptors (Lipinski definition) is 7. The fraction of sp³-hybridized carbons (Fsp3) is 0.333. The quantitative estimate of drug-likeness (QED) is 0.440. The number of nitro groups is 1. The van der Waals surface area contributed by atoms with E-state index in [-0.39, 0.29) is 17.4 Å². The number of anilines is 2. The molecule has 1 aliphatic rings. The minimum absolute atomic E-state index is 0.128. The zero-order chi connectivity index (χ0) is 21.7. The van der Waals surface area contributed by atoms with Crippen molar-refractivity contribution < 1.29 is 24.0 Å². The summed E-state index contributed by atoms with van der Waals surface area (Å²) in [5.41, 5.74) is 1.33. The van der Waals surface area contributed by atoms with Gasteiger partial charge in [-0.25, -0.2) is 4.79 Å². The lowest BCUT2D eigenvalue weighted by molar-refractivity contribution is -0.384. The smallest absolute Gasteiger partial charge is 0.338 e. The van der Waals surface area contributed by atoms with E-state index in [2.05, 4.69) is 5.32 Å². The zero-order valence-corrected chi connectivity index (χ0v) is 16.8. The molecule has 0 bridgehead atoms. The number of carbonyl (C=O) groups excluding carboxylic acids is 2. The van der Waals surface area contributed by atoms with Gasteiger partial charge in [0.1, 0.15) is 5.69 Å². The lowest BCUT2D eigenvalue weighted by Crippen LogP contribution is -2.36. The third-order valence-corrected chi connectivity index (χ3v) is 4.51. The van der Waals surface area contributed by atoms with Gasteiger partial charge in [-0.05, 0) is 50.2 Å². The maximum atomic E-state index is 12.6. The van der Waals surface area contributed by atoms with Gasteiger partial charge in [-0.3, -0.25) is 14.9 Å². The van der Waals surface area contributed by atoms with E-state index in [0.29, 0.717) is 43.2 Å². The molecule has 9 nitrogen and oxygen atoms in total. The third kappa shape index (κ3) is 5.12. The summed E-state index contributed by atoms with van der Waals surface area (Å²) in [6.07, 6.45) is -0.229. The van der Waals surface area contributed by atoms with Crippen LogP contribution in [0.1, 0.15) is 34.6 Å². The minimum Gasteiger partial charge on any atom is -0.459 e. The molecule has 30 heavy (non-hydrogen) atoms. The van der Waals surface area contributed by atoms with Gasteiger partial charge in [-0.1, -0.05) is 0 Å². The van der Waals surface area contributed by atoms with Gasteiger partial charge in [0.15, 0.2) is 0 Å². The molecule has 2 aromatic carbocycles. The van der Waals surface area contributed by atoms with Crippen LogP contribution in [0.2, 0.25) is 0 Å². The molecule has 0 aliphatic carbocycles. The van der Waals surface area contributed by atoms with E-state index in [4.69, 9.17) is 9.47 Å². The van der Waals surface area contributed by atoms with Crippen molar-refractivity contribution in [3.8, 4) is 0 Å². The number of nitro benzene ring substituents is 1. The number of carbonyl (C=O) groups is 2. The van der Waals surface area contributed by atoms with Crippen LogP contribution in [0.4, 0.5) is 17.1 Å². The number of morpholine rings is 1. The van der Waals surface area contributed by atoms with Crippen molar-refractivity contribution in [2.24, 2.45) is 0 Å². The van der Waals surface area contributed by atoms with E-state index in [9.17, 15) is 19.7 Å². The predicted octanol–water partition coefficient (Wildman–Crippen LogP) is 3.25. The van der Waals surface area contributed by atoms with E-state index >= 15 is 0 Å². The third-order valence-electron chi connectivity index (χ3n) is 4.51. The van der Waals surface area contributed by atoms with Gasteiger partial charge in [-0.15, -0.1) is 0 Å². The number of nitrogens with zero attached hydrogens (tertiary/aromatic N) is 2. The van der Waals surface area contributed by atoms with E-state index in [1.54, 1.807) is 50.2 Å². The van der Waals surface area contributed by atoms with Crippen LogP contribution in [0.3, 0.4) is 0 Å². The summed E-state index contributed by atoms with van der Waals surface area (Å²) in [6, 6.07) is 10.7. The summed E-state index contributed by atoms with van der Waals surface area (Å²) >= 11 is 0. The summed E-state index contributed by atoms with van der Waals surface area (Å²) in [4.78, 5) is 37.4. The van der Waals surface area contributed by atoms with Crippen LogP contribution in [-0.2, 0) is 9.47 Å². The molecule has 1 aliphatic heterocycles. The van der Waals surface area contributed by atoms with Gasteiger partial charge >= 0.3 is 5.97 Å². The van der Waals surface area contributed by atoms with Crippen LogP contribution in [-0.4, -0.2) is 49.2 Å². The normalized spacial score (nSPS) is 13.8. The highest BCUT2D eigenvalue weighted by atomic mass is 16.6. The Balaban J connectivity index is 1.74. The Labute approximate surface area is 173 Å². The Morgan fingerprint density at radius 1 is 1.10 bits per heavy atom. The highest BCUT2D eigenvalue weighted by molar-refractivity contribution is 6.05. The van der Waals surface area contributed by atoms with Crippen LogP contribution in [0.15, 0.2) is 42.5 Å². The van der Waals surface area contributed by atoms with Crippen LogP contribution < -0.4 is 10.2 Å². The Morgan fingerprint density at radius 3 is 2.33 bits per heavy atom. The average Bonchev–Trinajstić information content (AvgIpc) is 2.74. The summed E-state index contributed by atoms with van der Waals surface area (Å²) < 4.78 is 10.4. The molecule has 0 spiro atoms. The molecule has 0 atom stereocenters. The molecule has 3 rings (SSSR count). The number of ether oxygens (including phenoxy) is 2. The number of hydrogen-bond donors (Lipinski definition) is 1. The summed E-state index contributed by atoms with van der Waals surface area (Å²) in [5.74, 6) is -0.929. The minimum atomic E-state index is -0.489. The summed E-state index contributed by atoms with van der Waals surface area (Å²) in [5, 5.41) is 14.2. The molecule has 0 radical (unpaired) electrons. The maximum Gasteiger partial charge on any atom is 0.338 e. The number of amides is 1. The molecule has 158 valence electrons. The molecule has 1 amide bonds. The van der Waals surface area contributed by atoms with Crippen LogP contribution in [0.5, 0.6) is 0 Å². The Bertz CT molecular complexity index is 936. The molecule has 0 aromatic heterocycles. The topological polar surface area (TPSA) is 111 Å². The molecular formula is C21H23N3O6. The lowest BCUT2D eigenvalue weighted by Gasteiger charge is -2.28. The van der Waals surface area contributed by atoms with Gasteiger partial charge in [0.2, 0.25) is 0 Å². The first-order valence-corrected chi connectivity index (χ1v) is 9.58. The number of rotatable bonds is 6. The fourth-order valence-electron chi connectivity index (χ4n) is 3.06. The summed E-state index contributed by atoms with van der Waals surface area (Å²) in [7, 11) is 0. The Kier molecular flexibility index (Phi) is 6.63. The molecule has 0 saturated carbocycles. The van der Waals surface area contributed by atoms with E-state index < -0.39 is 16.8 Å². The average molecular weight is 413 g/mol. The highest BCUT2D eigenvalue weighted by Gasteiger charge is 2.23.